The van der Waals surface area contributed by atoms with Crippen LogP contribution in [0.1, 0.15) is 23.2 Å². The lowest BCUT2D eigenvalue weighted by atomic mass is 9.76. The molecular formula is C19H26N3O2S+. The monoisotopic (exact) mass is 360 g/mol. The van der Waals surface area contributed by atoms with E-state index in [1.807, 2.05) is 12.1 Å². The quantitative estimate of drug-likeness (QED) is 0.419. The molecule has 134 valence electrons. The Hall–Kier alpha value is -1.92. The first-order valence-electron chi connectivity index (χ1n) is 8.81. The molecule has 0 aromatic heterocycles. The maximum Gasteiger partial charge on any atom is 0.337 e. The zero-order valence-corrected chi connectivity index (χ0v) is 15.4. The Morgan fingerprint density at radius 2 is 2.36 bits per heavy atom. The number of fused-ring (bicyclic) bond motifs is 3. The Bertz CT molecular complexity index is 664. The second-order valence-electron chi connectivity index (χ2n) is 6.90. The normalized spacial score (nSPS) is 27.4. The third kappa shape index (κ3) is 4.19. The highest BCUT2D eigenvalue weighted by Gasteiger charge is 2.42. The van der Waals surface area contributed by atoms with Crippen LogP contribution in [0, 0.1) is 11.8 Å². The van der Waals surface area contributed by atoms with Crippen molar-refractivity contribution in [1.29, 1.82) is 0 Å². The standard InChI is InChI=1S/C19H25N3O2S/c1-3-13-12-22-8-7-14(13)10-17(22)11-20-19(25)21-16-6-4-5-15(9-16)18(23)24-2/h3-6,9,13-14,17H,1,7-8,10-12H2,2H3,(H2,20,21,25)/p+1/t13-,14-,17+/m0/s1. The molecule has 0 spiro atoms. The van der Waals surface area contributed by atoms with Gasteiger partial charge in [-0.3, -0.25) is 0 Å². The summed E-state index contributed by atoms with van der Waals surface area (Å²) in [4.78, 5) is 13.3. The molecule has 1 unspecified atom stereocenters. The molecule has 1 aromatic rings. The molecule has 0 saturated carbocycles. The number of ether oxygens (including phenoxy) is 1. The SMILES string of the molecule is C=C[C@H]1C[NH+]2CC[C@H]1C[C@@H]2CNC(=S)Nc1cccc(C(=O)OC)c1. The van der Waals surface area contributed by atoms with Gasteiger partial charge in [0, 0.05) is 24.4 Å². The van der Waals surface area contributed by atoms with Gasteiger partial charge in [-0.2, -0.15) is 0 Å². The number of anilines is 1. The van der Waals surface area contributed by atoms with Crippen molar-refractivity contribution in [3.05, 3.63) is 42.5 Å². The second-order valence-corrected chi connectivity index (χ2v) is 7.31. The van der Waals surface area contributed by atoms with Crippen molar-refractivity contribution in [2.24, 2.45) is 11.8 Å². The van der Waals surface area contributed by atoms with Crippen molar-refractivity contribution >= 4 is 29.0 Å². The Morgan fingerprint density at radius 1 is 1.52 bits per heavy atom. The number of hydrogen-bond donors (Lipinski definition) is 3. The fourth-order valence-electron chi connectivity index (χ4n) is 4.09. The van der Waals surface area contributed by atoms with Crippen LogP contribution in [-0.4, -0.2) is 43.9 Å². The predicted molar refractivity (Wildman–Crippen MR) is 103 cm³/mol. The number of methoxy groups -OCH3 is 1. The summed E-state index contributed by atoms with van der Waals surface area (Å²) in [5.41, 5.74) is 1.29. The topological polar surface area (TPSA) is 54.8 Å². The Morgan fingerprint density at radius 3 is 3.04 bits per heavy atom. The number of carbonyl (C=O) groups excluding carboxylic acids is 1. The Labute approximate surface area is 154 Å². The molecule has 5 nitrogen and oxygen atoms in total. The molecule has 3 fully saturated rings. The minimum Gasteiger partial charge on any atom is -0.465 e. The van der Waals surface area contributed by atoms with E-state index in [0.717, 1.165) is 18.2 Å². The first kappa shape index (κ1) is 17.9. The van der Waals surface area contributed by atoms with E-state index >= 15 is 0 Å². The summed E-state index contributed by atoms with van der Waals surface area (Å²) in [6.07, 6.45) is 4.68. The highest BCUT2D eigenvalue weighted by molar-refractivity contribution is 7.80. The molecule has 1 aromatic carbocycles. The van der Waals surface area contributed by atoms with E-state index in [0.29, 0.717) is 22.6 Å². The average molecular weight is 361 g/mol. The zero-order chi connectivity index (χ0) is 17.8. The van der Waals surface area contributed by atoms with Crippen molar-refractivity contribution in [1.82, 2.24) is 5.32 Å². The maximum atomic E-state index is 11.6. The minimum absolute atomic E-state index is 0.353. The van der Waals surface area contributed by atoms with Gasteiger partial charge < -0.3 is 20.3 Å². The highest BCUT2D eigenvalue weighted by atomic mass is 32.1. The summed E-state index contributed by atoms with van der Waals surface area (Å²) in [5.74, 6) is 1.10. The molecule has 3 saturated heterocycles. The van der Waals surface area contributed by atoms with E-state index in [1.165, 1.54) is 33.0 Å². The van der Waals surface area contributed by atoms with E-state index in [-0.39, 0.29) is 5.97 Å². The molecule has 3 aliphatic heterocycles. The summed E-state index contributed by atoms with van der Waals surface area (Å²) in [6, 6.07) is 7.76. The van der Waals surface area contributed by atoms with Crippen LogP contribution in [0.15, 0.2) is 36.9 Å². The number of quaternary nitrogens is 1. The van der Waals surface area contributed by atoms with Crippen LogP contribution in [0.25, 0.3) is 0 Å². The summed E-state index contributed by atoms with van der Waals surface area (Å²) in [7, 11) is 1.38. The molecule has 4 atom stereocenters. The van der Waals surface area contributed by atoms with Gasteiger partial charge in [0.15, 0.2) is 5.11 Å². The number of nitrogens with one attached hydrogen (secondary N) is 3. The Balaban J connectivity index is 1.51. The fourth-order valence-corrected chi connectivity index (χ4v) is 4.29. The first-order chi connectivity index (χ1) is 12.1. The summed E-state index contributed by atoms with van der Waals surface area (Å²) < 4.78 is 4.74. The van der Waals surface area contributed by atoms with E-state index in [2.05, 4.69) is 23.3 Å². The molecule has 0 radical (unpaired) electrons. The van der Waals surface area contributed by atoms with Crippen molar-refractivity contribution in [2.75, 3.05) is 32.1 Å². The van der Waals surface area contributed by atoms with Crippen LogP contribution in [0.3, 0.4) is 0 Å². The molecule has 3 aliphatic rings. The van der Waals surface area contributed by atoms with Gasteiger partial charge in [0.2, 0.25) is 0 Å². The number of piperidine rings is 3. The summed E-state index contributed by atoms with van der Waals surface area (Å²) in [6.45, 7) is 7.30. The van der Waals surface area contributed by atoms with Gasteiger partial charge in [-0.1, -0.05) is 12.1 Å². The van der Waals surface area contributed by atoms with E-state index in [9.17, 15) is 4.79 Å². The van der Waals surface area contributed by atoms with Gasteiger partial charge >= 0.3 is 5.97 Å². The molecule has 2 bridgehead atoms. The molecular weight excluding hydrogens is 334 g/mol. The predicted octanol–water partition coefficient (Wildman–Crippen LogP) is 1.24. The molecule has 3 N–H and O–H groups in total. The fraction of sp³-hybridized carbons (Fsp3) is 0.474. The summed E-state index contributed by atoms with van der Waals surface area (Å²) >= 11 is 5.41. The molecule has 25 heavy (non-hydrogen) atoms. The van der Waals surface area contributed by atoms with Crippen molar-refractivity contribution in [3.63, 3.8) is 0 Å². The van der Waals surface area contributed by atoms with Gasteiger partial charge in [-0.25, -0.2) is 4.79 Å². The number of hydrogen-bond acceptors (Lipinski definition) is 3. The van der Waals surface area contributed by atoms with Gasteiger partial charge in [-0.15, -0.1) is 6.58 Å². The lowest BCUT2D eigenvalue weighted by molar-refractivity contribution is -0.944. The lowest BCUT2D eigenvalue weighted by Crippen LogP contribution is -3.20. The third-order valence-electron chi connectivity index (χ3n) is 5.46. The second kappa shape index (κ2) is 7.97. The van der Waals surface area contributed by atoms with Crippen LogP contribution in [0.2, 0.25) is 0 Å². The largest absolute Gasteiger partial charge is 0.465 e. The van der Waals surface area contributed by atoms with Crippen LogP contribution in [0.4, 0.5) is 5.69 Å². The lowest BCUT2D eigenvalue weighted by Gasteiger charge is -2.46. The zero-order valence-electron chi connectivity index (χ0n) is 14.6. The number of esters is 1. The average Bonchev–Trinajstić information content (AvgIpc) is 2.66. The Kier molecular flexibility index (Phi) is 5.71. The van der Waals surface area contributed by atoms with Crippen LogP contribution < -0.4 is 15.5 Å². The van der Waals surface area contributed by atoms with E-state index in [1.54, 1.807) is 17.0 Å². The third-order valence-corrected chi connectivity index (χ3v) is 5.70. The number of carbonyl (C=O) groups is 1. The van der Waals surface area contributed by atoms with Crippen LogP contribution in [-0.2, 0) is 4.74 Å². The highest BCUT2D eigenvalue weighted by Crippen LogP contribution is 2.27. The van der Waals surface area contributed by atoms with Gasteiger partial charge in [-0.05, 0) is 36.3 Å². The van der Waals surface area contributed by atoms with E-state index < -0.39 is 0 Å². The van der Waals surface area contributed by atoms with Gasteiger partial charge in [0.25, 0.3) is 0 Å². The molecule has 6 heteroatoms. The van der Waals surface area contributed by atoms with Crippen molar-refractivity contribution in [2.45, 2.75) is 18.9 Å². The van der Waals surface area contributed by atoms with Gasteiger partial charge in [0.1, 0.15) is 6.04 Å². The van der Waals surface area contributed by atoms with Gasteiger partial charge in [0.05, 0.1) is 32.3 Å². The van der Waals surface area contributed by atoms with Crippen molar-refractivity contribution < 1.29 is 14.4 Å². The maximum absolute atomic E-state index is 11.6. The van der Waals surface area contributed by atoms with Crippen molar-refractivity contribution in [3.8, 4) is 0 Å². The molecule has 4 rings (SSSR count). The summed E-state index contributed by atoms with van der Waals surface area (Å²) in [5, 5.41) is 7.08. The number of rotatable bonds is 5. The number of thiocarbonyl (C=S) groups is 1. The molecule has 0 amide bonds. The van der Waals surface area contributed by atoms with Crippen LogP contribution in [0.5, 0.6) is 0 Å². The smallest absolute Gasteiger partial charge is 0.337 e. The minimum atomic E-state index is -0.353. The molecule has 3 heterocycles. The van der Waals surface area contributed by atoms with E-state index in [4.69, 9.17) is 17.0 Å². The number of benzene rings is 1. The van der Waals surface area contributed by atoms with Crippen LogP contribution >= 0.6 is 12.2 Å². The first-order valence-corrected chi connectivity index (χ1v) is 9.22. The molecule has 0 aliphatic carbocycles.